The third-order valence-corrected chi connectivity index (χ3v) is 3.63. The zero-order chi connectivity index (χ0) is 16.8. The fourth-order valence-corrected chi connectivity index (χ4v) is 2.31. The zero-order valence-corrected chi connectivity index (χ0v) is 14.5. The first kappa shape index (κ1) is 22.1. The Labute approximate surface area is 147 Å². The third kappa shape index (κ3) is 10.8. The number of rotatable bonds is 9. The summed E-state index contributed by atoms with van der Waals surface area (Å²) in [7, 11) is 0. The minimum absolute atomic E-state index is 0. The number of hydrogen-bond acceptors (Lipinski definition) is 5. The average Bonchev–Trinajstić information content (AvgIpc) is 2.58. The second-order valence-electron chi connectivity index (χ2n) is 5.83. The quantitative estimate of drug-likeness (QED) is 0.592. The van der Waals surface area contributed by atoms with E-state index in [9.17, 15) is 4.79 Å². The number of carbonyl (C=O) groups excluding carboxylic acids is 1. The maximum absolute atomic E-state index is 10.6. The van der Waals surface area contributed by atoms with Crippen molar-refractivity contribution in [3.63, 3.8) is 0 Å². The zero-order valence-electron chi connectivity index (χ0n) is 14.5. The molecule has 136 valence electrons. The Morgan fingerprint density at radius 2 is 1.75 bits per heavy atom. The lowest BCUT2D eigenvalue weighted by molar-refractivity contribution is -0.117. The maximum atomic E-state index is 10.6. The fourth-order valence-electron chi connectivity index (χ4n) is 2.31. The average molecular weight is 335 g/mol. The summed E-state index contributed by atoms with van der Waals surface area (Å²) in [5, 5.41) is 0. The van der Waals surface area contributed by atoms with Gasteiger partial charge < -0.3 is 4.79 Å². The molecule has 5 heteroatoms. The van der Waals surface area contributed by atoms with E-state index in [1.165, 1.54) is 44.9 Å². The lowest BCUT2D eigenvalue weighted by Crippen LogP contribution is -2.22. The van der Waals surface area contributed by atoms with E-state index in [-0.39, 0.29) is 7.43 Å². The van der Waals surface area contributed by atoms with Gasteiger partial charge >= 0.3 is 0 Å². The van der Waals surface area contributed by atoms with Gasteiger partial charge in [-0.3, -0.25) is 10.9 Å². The van der Waals surface area contributed by atoms with Crippen molar-refractivity contribution in [1.82, 2.24) is 10.4 Å². The minimum atomic E-state index is 0. The van der Waals surface area contributed by atoms with Crippen molar-refractivity contribution in [2.45, 2.75) is 79.1 Å². The van der Waals surface area contributed by atoms with Gasteiger partial charge in [0.15, 0.2) is 5.82 Å². The van der Waals surface area contributed by atoms with Crippen LogP contribution in [0.15, 0.2) is 23.3 Å². The van der Waals surface area contributed by atoms with Gasteiger partial charge in [0.05, 0.1) is 0 Å². The highest BCUT2D eigenvalue weighted by Gasteiger charge is 2.01. The largest absolute Gasteiger partial charge is 0.300 e. The van der Waals surface area contributed by atoms with Crippen LogP contribution < -0.4 is 10.9 Å². The van der Waals surface area contributed by atoms with Crippen molar-refractivity contribution in [1.29, 1.82) is 0 Å². The summed E-state index contributed by atoms with van der Waals surface area (Å²) in [5.74, 6) is 1.11. The SMILES string of the molecule is C.C1=Nc2cccnc2NN1.CCCCCCCCCCC(C)=O. The molecule has 5 nitrogen and oxygen atoms in total. The second-order valence-corrected chi connectivity index (χ2v) is 5.83. The molecule has 0 amide bonds. The predicted molar refractivity (Wildman–Crippen MR) is 104 cm³/mol. The molecule has 0 saturated carbocycles. The highest BCUT2D eigenvalue weighted by Crippen LogP contribution is 2.21. The molecule has 0 aliphatic carbocycles. The van der Waals surface area contributed by atoms with Crippen LogP contribution in [0.2, 0.25) is 0 Å². The number of nitrogens with one attached hydrogen (secondary N) is 2. The van der Waals surface area contributed by atoms with Crippen LogP contribution in [0.25, 0.3) is 0 Å². The molecule has 0 spiro atoms. The Balaban J connectivity index is 0.000000432. The highest BCUT2D eigenvalue weighted by molar-refractivity contribution is 5.75. The molecular weight excluding hydrogens is 300 g/mol. The van der Waals surface area contributed by atoms with Crippen LogP contribution in [-0.4, -0.2) is 17.1 Å². The molecule has 0 bridgehead atoms. The number of ketones is 1. The van der Waals surface area contributed by atoms with Gasteiger partial charge in [-0.05, 0) is 25.5 Å². The number of anilines is 1. The van der Waals surface area contributed by atoms with E-state index in [4.69, 9.17) is 0 Å². The molecule has 1 aliphatic rings. The molecule has 2 rings (SSSR count). The Kier molecular flexibility index (Phi) is 13.5. The number of Topliss-reactive ketones (excluding diaryl/α,β-unsaturated/α-hetero) is 1. The van der Waals surface area contributed by atoms with E-state index in [1.54, 1.807) is 19.5 Å². The number of nitrogens with zero attached hydrogens (tertiary/aromatic N) is 2. The van der Waals surface area contributed by atoms with Gasteiger partial charge in [0.2, 0.25) is 0 Å². The number of hydrogen-bond donors (Lipinski definition) is 2. The monoisotopic (exact) mass is 334 g/mol. The molecule has 0 saturated heterocycles. The van der Waals surface area contributed by atoms with Crippen LogP contribution >= 0.6 is 0 Å². The maximum Gasteiger partial charge on any atom is 0.170 e. The van der Waals surface area contributed by atoms with Crippen LogP contribution in [0.1, 0.15) is 79.1 Å². The number of aromatic nitrogens is 1. The topological polar surface area (TPSA) is 66.4 Å². The molecular formula is C19H34N4O. The van der Waals surface area contributed by atoms with Crippen LogP contribution in [-0.2, 0) is 4.79 Å². The van der Waals surface area contributed by atoms with Gasteiger partial charge in [-0.2, -0.15) is 0 Å². The Morgan fingerprint density at radius 3 is 2.38 bits per heavy atom. The van der Waals surface area contributed by atoms with Crippen molar-refractivity contribution < 1.29 is 4.79 Å². The number of hydrazine groups is 1. The van der Waals surface area contributed by atoms with Gasteiger partial charge in [0.1, 0.15) is 17.8 Å². The summed E-state index contributed by atoms with van der Waals surface area (Å²) < 4.78 is 0. The summed E-state index contributed by atoms with van der Waals surface area (Å²) in [4.78, 5) is 18.7. The van der Waals surface area contributed by atoms with Crippen LogP contribution in [0, 0.1) is 0 Å². The van der Waals surface area contributed by atoms with Gasteiger partial charge in [-0.25, -0.2) is 9.98 Å². The first-order valence-electron chi connectivity index (χ1n) is 8.72. The van der Waals surface area contributed by atoms with E-state index in [1.807, 2.05) is 12.1 Å². The standard InChI is InChI=1S/C12H24O.C6H6N4.CH4/c1-3-4-5-6-7-8-9-10-11-12(2)13;1-2-5-6(7-3-1)10-9-4-8-5;/h3-11H2,1-2H3;1-4H,(H,7,10)(H,8,9);1H4. The van der Waals surface area contributed by atoms with Crippen molar-refractivity contribution in [3.05, 3.63) is 18.3 Å². The highest BCUT2D eigenvalue weighted by atomic mass is 16.1. The number of carbonyl (C=O) groups is 1. The lowest BCUT2D eigenvalue weighted by atomic mass is 10.1. The Hall–Kier alpha value is -1.91. The molecule has 0 radical (unpaired) electrons. The normalized spacial score (nSPS) is 11.1. The fraction of sp³-hybridized carbons (Fsp3) is 0.632. The molecule has 1 aliphatic heterocycles. The number of aliphatic imine (C=N–C) groups is 1. The van der Waals surface area contributed by atoms with E-state index >= 15 is 0 Å². The summed E-state index contributed by atoms with van der Waals surface area (Å²) in [6, 6.07) is 3.75. The molecule has 0 atom stereocenters. The number of unbranched alkanes of at least 4 members (excludes halogenated alkanes) is 7. The number of pyridine rings is 1. The molecule has 2 heterocycles. The molecule has 2 N–H and O–H groups in total. The van der Waals surface area contributed by atoms with Crippen molar-refractivity contribution in [3.8, 4) is 0 Å². The molecule has 0 aromatic carbocycles. The van der Waals surface area contributed by atoms with Crippen molar-refractivity contribution >= 4 is 23.6 Å². The predicted octanol–water partition coefficient (Wildman–Crippen LogP) is 5.41. The first-order chi connectivity index (χ1) is 11.2. The van der Waals surface area contributed by atoms with Crippen LogP contribution in [0.3, 0.4) is 0 Å². The summed E-state index contributed by atoms with van der Waals surface area (Å²) in [6.07, 6.45) is 14.6. The van der Waals surface area contributed by atoms with E-state index < -0.39 is 0 Å². The van der Waals surface area contributed by atoms with E-state index in [2.05, 4.69) is 27.8 Å². The molecule has 0 fully saturated rings. The van der Waals surface area contributed by atoms with Gasteiger partial charge in [0, 0.05) is 12.6 Å². The number of fused-ring (bicyclic) bond motifs is 1. The second kappa shape index (κ2) is 14.7. The first-order valence-corrected chi connectivity index (χ1v) is 8.72. The molecule has 1 aromatic heterocycles. The van der Waals surface area contributed by atoms with Gasteiger partial charge in [0.25, 0.3) is 0 Å². The molecule has 24 heavy (non-hydrogen) atoms. The molecule has 0 unspecified atom stereocenters. The lowest BCUT2D eigenvalue weighted by Gasteiger charge is -2.10. The van der Waals surface area contributed by atoms with Crippen molar-refractivity contribution in [2.75, 3.05) is 5.43 Å². The van der Waals surface area contributed by atoms with Crippen LogP contribution in [0.4, 0.5) is 11.5 Å². The van der Waals surface area contributed by atoms with Gasteiger partial charge in [-0.15, -0.1) is 0 Å². The summed E-state index contributed by atoms with van der Waals surface area (Å²) >= 11 is 0. The van der Waals surface area contributed by atoms with Crippen molar-refractivity contribution in [2.24, 2.45) is 4.99 Å². The summed E-state index contributed by atoms with van der Waals surface area (Å²) in [5.41, 5.74) is 6.45. The summed E-state index contributed by atoms with van der Waals surface area (Å²) in [6.45, 7) is 3.92. The Morgan fingerprint density at radius 1 is 1.08 bits per heavy atom. The van der Waals surface area contributed by atoms with E-state index in [0.717, 1.165) is 24.3 Å². The van der Waals surface area contributed by atoms with E-state index in [0.29, 0.717) is 5.78 Å². The Bertz CT molecular complexity index is 474. The van der Waals surface area contributed by atoms with Gasteiger partial charge in [-0.1, -0.05) is 59.3 Å². The third-order valence-electron chi connectivity index (χ3n) is 3.63. The minimum Gasteiger partial charge on any atom is -0.300 e. The smallest absolute Gasteiger partial charge is 0.170 e. The van der Waals surface area contributed by atoms with Crippen LogP contribution in [0.5, 0.6) is 0 Å². The molecule has 1 aromatic rings.